The Bertz CT molecular complexity index is 1430. The van der Waals surface area contributed by atoms with Crippen LogP contribution >= 0.6 is 11.6 Å². The van der Waals surface area contributed by atoms with Crippen molar-refractivity contribution in [2.75, 3.05) is 28.4 Å². The topological polar surface area (TPSA) is 111 Å². The maximum Gasteiger partial charge on any atom is 0.320 e. The molecule has 39 heavy (non-hydrogen) atoms. The molecule has 4 aromatic rings. The van der Waals surface area contributed by atoms with Gasteiger partial charge in [0.2, 0.25) is 11.6 Å². The molecule has 4 rings (SSSR count). The molecule has 0 amide bonds. The van der Waals surface area contributed by atoms with E-state index >= 15 is 0 Å². The van der Waals surface area contributed by atoms with Crippen LogP contribution in [-0.4, -0.2) is 49.2 Å². The molecule has 0 aliphatic heterocycles. The predicted octanol–water partition coefficient (Wildman–Crippen LogP) is 4.95. The molecule has 0 radical (unpaired) electrons. The molecule has 0 bridgehead atoms. The van der Waals surface area contributed by atoms with E-state index in [0.717, 1.165) is 5.56 Å². The number of hydrogen-bond donors (Lipinski definition) is 0. The first-order valence-electron chi connectivity index (χ1n) is 11.7. The minimum atomic E-state index is -0.423. The standard InChI is InChI=1S/C28H26ClN3O7/c1-34-22-9-8-17(11-21(22)29)15-38-27-20(14-31-28(32-27)39-16-19-7-5-6-10-30-19)25(33)18-12-23(35-2)26(37-4)24(13-18)36-3/h5-14H,15-16H2,1-4H3. The lowest BCUT2D eigenvalue weighted by atomic mass is 10.0. The molecule has 0 atom stereocenters. The summed E-state index contributed by atoms with van der Waals surface area (Å²) in [5, 5.41) is 0.425. The SMILES string of the molecule is COc1ccc(COc2nc(OCc3ccccn3)ncc2C(=O)c2cc(OC)c(OC)c(OC)c2)cc1Cl. The molecule has 0 unspecified atom stereocenters. The number of rotatable bonds is 12. The zero-order valence-electron chi connectivity index (χ0n) is 21.8. The molecule has 0 aliphatic rings. The number of ether oxygens (including phenoxy) is 6. The minimum absolute atomic E-state index is 0.0184. The number of halogens is 1. The molecular formula is C28H26ClN3O7. The van der Waals surface area contributed by atoms with Gasteiger partial charge in [-0.1, -0.05) is 23.7 Å². The Hall–Kier alpha value is -4.57. The second-order valence-corrected chi connectivity index (χ2v) is 8.39. The molecular weight excluding hydrogens is 526 g/mol. The highest BCUT2D eigenvalue weighted by molar-refractivity contribution is 6.32. The first-order valence-corrected chi connectivity index (χ1v) is 12.0. The molecule has 10 nitrogen and oxygen atoms in total. The van der Waals surface area contributed by atoms with Crippen molar-refractivity contribution in [1.82, 2.24) is 15.0 Å². The molecule has 0 saturated heterocycles. The van der Waals surface area contributed by atoms with E-state index in [-0.39, 0.29) is 36.2 Å². The maximum absolute atomic E-state index is 13.6. The molecule has 202 valence electrons. The van der Waals surface area contributed by atoms with Crippen molar-refractivity contribution in [3.63, 3.8) is 0 Å². The minimum Gasteiger partial charge on any atom is -0.495 e. The summed E-state index contributed by atoms with van der Waals surface area (Å²) in [5.74, 6) is 1.14. The third kappa shape index (κ3) is 6.47. The summed E-state index contributed by atoms with van der Waals surface area (Å²) in [6.07, 6.45) is 3.01. The number of aromatic nitrogens is 3. The zero-order valence-corrected chi connectivity index (χ0v) is 22.5. The Labute approximate surface area is 230 Å². The average Bonchev–Trinajstić information content (AvgIpc) is 2.98. The fourth-order valence-electron chi connectivity index (χ4n) is 3.63. The van der Waals surface area contributed by atoms with Crippen LogP contribution in [0.4, 0.5) is 0 Å². The predicted molar refractivity (Wildman–Crippen MR) is 142 cm³/mol. The van der Waals surface area contributed by atoms with Crippen LogP contribution < -0.4 is 28.4 Å². The van der Waals surface area contributed by atoms with Gasteiger partial charge in [-0.05, 0) is 42.0 Å². The Balaban J connectivity index is 1.67. The van der Waals surface area contributed by atoms with E-state index in [1.54, 1.807) is 42.6 Å². The van der Waals surface area contributed by atoms with E-state index in [1.165, 1.54) is 34.6 Å². The lowest BCUT2D eigenvalue weighted by Gasteiger charge is -2.15. The van der Waals surface area contributed by atoms with E-state index < -0.39 is 5.78 Å². The van der Waals surface area contributed by atoms with Crippen LogP contribution in [0, 0.1) is 0 Å². The van der Waals surface area contributed by atoms with Crippen LogP contribution in [0.2, 0.25) is 5.02 Å². The normalized spacial score (nSPS) is 10.5. The number of ketones is 1. The summed E-state index contributed by atoms with van der Waals surface area (Å²) in [4.78, 5) is 26.5. The fraction of sp³-hybridized carbons (Fsp3) is 0.214. The summed E-state index contributed by atoms with van der Waals surface area (Å²) in [7, 11) is 5.95. The zero-order chi connectivity index (χ0) is 27.8. The Morgan fingerprint density at radius 2 is 1.56 bits per heavy atom. The van der Waals surface area contributed by atoms with E-state index in [9.17, 15) is 4.79 Å². The van der Waals surface area contributed by atoms with Crippen molar-refractivity contribution >= 4 is 17.4 Å². The van der Waals surface area contributed by atoms with Crippen LogP contribution in [-0.2, 0) is 13.2 Å². The third-order valence-corrected chi connectivity index (χ3v) is 5.87. The van der Waals surface area contributed by atoms with Crippen molar-refractivity contribution in [2.45, 2.75) is 13.2 Å². The van der Waals surface area contributed by atoms with Gasteiger partial charge < -0.3 is 28.4 Å². The van der Waals surface area contributed by atoms with Gasteiger partial charge in [-0.3, -0.25) is 9.78 Å². The highest BCUT2D eigenvalue weighted by atomic mass is 35.5. The van der Waals surface area contributed by atoms with Gasteiger partial charge in [0.25, 0.3) is 0 Å². The van der Waals surface area contributed by atoms with Crippen LogP contribution in [0.15, 0.2) is 60.9 Å². The summed E-state index contributed by atoms with van der Waals surface area (Å²) < 4.78 is 33.1. The summed E-state index contributed by atoms with van der Waals surface area (Å²) in [6.45, 7) is 0.199. The Morgan fingerprint density at radius 3 is 2.18 bits per heavy atom. The van der Waals surface area contributed by atoms with Crippen LogP contribution in [0.1, 0.15) is 27.2 Å². The second kappa shape index (κ2) is 12.8. The van der Waals surface area contributed by atoms with Crippen molar-refractivity contribution in [2.24, 2.45) is 0 Å². The molecule has 2 heterocycles. The Morgan fingerprint density at radius 1 is 0.821 bits per heavy atom. The molecule has 11 heteroatoms. The van der Waals surface area contributed by atoms with Gasteiger partial charge in [0, 0.05) is 18.0 Å². The number of pyridine rings is 1. The smallest absolute Gasteiger partial charge is 0.320 e. The lowest BCUT2D eigenvalue weighted by Crippen LogP contribution is -2.11. The number of nitrogens with zero attached hydrogens (tertiary/aromatic N) is 3. The third-order valence-electron chi connectivity index (χ3n) is 5.57. The van der Waals surface area contributed by atoms with Gasteiger partial charge in [-0.2, -0.15) is 4.98 Å². The highest BCUT2D eigenvalue weighted by Gasteiger charge is 2.23. The monoisotopic (exact) mass is 551 g/mol. The van der Waals surface area contributed by atoms with Crippen molar-refractivity contribution in [1.29, 1.82) is 0 Å². The average molecular weight is 552 g/mol. The van der Waals surface area contributed by atoms with Crippen molar-refractivity contribution in [3.8, 4) is 34.9 Å². The summed E-state index contributed by atoms with van der Waals surface area (Å²) in [6, 6.07) is 13.8. The molecule has 0 fully saturated rings. The number of hydrogen-bond acceptors (Lipinski definition) is 10. The van der Waals surface area contributed by atoms with E-state index in [0.29, 0.717) is 33.7 Å². The van der Waals surface area contributed by atoms with Gasteiger partial charge in [-0.25, -0.2) is 4.98 Å². The number of benzene rings is 2. The van der Waals surface area contributed by atoms with Crippen LogP contribution in [0.3, 0.4) is 0 Å². The number of methoxy groups -OCH3 is 4. The lowest BCUT2D eigenvalue weighted by molar-refractivity contribution is 0.103. The second-order valence-electron chi connectivity index (χ2n) is 7.98. The van der Waals surface area contributed by atoms with Gasteiger partial charge in [0.1, 0.15) is 24.5 Å². The summed E-state index contributed by atoms with van der Waals surface area (Å²) >= 11 is 6.26. The molecule has 0 spiro atoms. The number of carbonyl (C=O) groups excluding carboxylic acids is 1. The van der Waals surface area contributed by atoms with Crippen molar-refractivity contribution < 1.29 is 33.2 Å². The first-order chi connectivity index (χ1) is 19.0. The van der Waals surface area contributed by atoms with Crippen LogP contribution in [0.5, 0.6) is 34.9 Å². The summed E-state index contributed by atoms with van der Waals surface area (Å²) in [5.41, 5.74) is 1.79. The Kier molecular flexibility index (Phi) is 9.01. The van der Waals surface area contributed by atoms with Gasteiger partial charge in [-0.15, -0.1) is 0 Å². The molecule has 2 aromatic carbocycles. The van der Waals surface area contributed by atoms with Gasteiger partial charge in [0.15, 0.2) is 17.3 Å². The number of carbonyl (C=O) groups is 1. The van der Waals surface area contributed by atoms with Gasteiger partial charge >= 0.3 is 6.01 Å². The largest absolute Gasteiger partial charge is 0.495 e. The molecule has 0 aliphatic carbocycles. The van der Waals surface area contributed by atoms with Crippen molar-refractivity contribution in [3.05, 3.63) is 88.3 Å². The molecule has 0 saturated carbocycles. The molecule has 2 aromatic heterocycles. The maximum atomic E-state index is 13.6. The van der Waals surface area contributed by atoms with Crippen LogP contribution in [0.25, 0.3) is 0 Å². The first kappa shape index (κ1) is 27.5. The highest BCUT2D eigenvalue weighted by Crippen LogP contribution is 2.39. The van der Waals surface area contributed by atoms with E-state index in [1.807, 2.05) is 12.1 Å². The van der Waals surface area contributed by atoms with E-state index in [2.05, 4.69) is 15.0 Å². The quantitative estimate of drug-likeness (QED) is 0.224. The van der Waals surface area contributed by atoms with E-state index in [4.69, 9.17) is 40.0 Å². The fourth-order valence-corrected chi connectivity index (χ4v) is 3.91. The van der Waals surface area contributed by atoms with Gasteiger partial charge in [0.05, 0.1) is 39.2 Å². The molecule has 0 N–H and O–H groups in total.